The van der Waals surface area contributed by atoms with Gasteiger partial charge in [0.15, 0.2) is 5.78 Å². The van der Waals surface area contributed by atoms with Gasteiger partial charge in [0.25, 0.3) is 5.56 Å². The van der Waals surface area contributed by atoms with E-state index in [0.717, 1.165) is 19.3 Å². The second-order valence-electron chi connectivity index (χ2n) is 9.36. The van der Waals surface area contributed by atoms with Crippen LogP contribution in [0.2, 0.25) is 5.02 Å². The van der Waals surface area contributed by atoms with Crippen LogP contribution < -0.4 is 15.6 Å². The number of carboxylic acids is 1. The van der Waals surface area contributed by atoms with Gasteiger partial charge in [0.2, 0.25) is 5.91 Å². The van der Waals surface area contributed by atoms with Gasteiger partial charge in [-0.2, -0.15) is 0 Å². The number of hydrogen-bond acceptors (Lipinski definition) is 6. The van der Waals surface area contributed by atoms with Crippen molar-refractivity contribution in [3.8, 4) is 16.9 Å². The Hall–Kier alpha value is -3.95. The summed E-state index contributed by atoms with van der Waals surface area (Å²) >= 11 is 6.21. The summed E-state index contributed by atoms with van der Waals surface area (Å²) in [6.07, 6.45) is 4.13. The number of carboxylic acid groups (broad SMARTS) is 1. The highest BCUT2D eigenvalue weighted by Crippen LogP contribution is 2.34. The van der Waals surface area contributed by atoms with E-state index in [1.54, 1.807) is 18.2 Å². The number of carbonyl (C=O) groups is 3. The van der Waals surface area contributed by atoms with Crippen molar-refractivity contribution in [2.45, 2.75) is 44.8 Å². The predicted octanol–water partition coefficient (Wildman–Crippen LogP) is 5.22. The number of pyridine rings is 1. The molecule has 2 unspecified atom stereocenters. The van der Waals surface area contributed by atoms with Gasteiger partial charge in [0.05, 0.1) is 25.0 Å². The Bertz CT molecular complexity index is 1440. The molecule has 1 aliphatic heterocycles. The molecule has 39 heavy (non-hydrogen) atoms. The van der Waals surface area contributed by atoms with E-state index in [2.05, 4.69) is 5.32 Å². The average molecular weight is 553 g/mol. The van der Waals surface area contributed by atoms with E-state index in [1.165, 1.54) is 55.1 Å². The number of aromatic nitrogens is 1. The predicted molar refractivity (Wildman–Crippen MR) is 147 cm³/mol. The van der Waals surface area contributed by atoms with Crippen molar-refractivity contribution in [3.63, 3.8) is 0 Å². The van der Waals surface area contributed by atoms with E-state index >= 15 is 0 Å². The molecule has 0 radical (unpaired) electrons. The third-order valence-electron chi connectivity index (χ3n) is 6.71. The Morgan fingerprint density at radius 1 is 1.13 bits per heavy atom. The molecule has 3 aromatic rings. The lowest BCUT2D eigenvalue weighted by Gasteiger charge is -2.28. The van der Waals surface area contributed by atoms with E-state index in [0.29, 0.717) is 34.0 Å². The number of nitrogens with zero attached hydrogens (tertiary/aromatic N) is 1. The average Bonchev–Trinajstić information content (AvgIpc) is 2.92. The molecule has 1 aliphatic rings. The second-order valence-corrected chi connectivity index (χ2v) is 9.80. The minimum Gasteiger partial charge on any atom is -0.495 e. The molecule has 2 N–H and O–H groups in total. The van der Waals surface area contributed by atoms with Crippen molar-refractivity contribution >= 4 is 34.9 Å². The number of nitrogens with one attached hydrogen (secondary N) is 1. The van der Waals surface area contributed by atoms with Crippen LogP contribution in [0.3, 0.4) is 0 Å². The van der Waals surface area contributed by atoms with Crippen LogP contribution in [0.1, 0.15) is 59.4 Å². The van der Waals surface area contributed by atoms with E-state index < -0.39 is 23.5 Å². The van der Waals surface area contributed by atoms with Crippen LogP contribution >= 0.6 is 11.6 Å². The first-order valence-electron chi connectivity index (χ1n) is 12.5. The number of anilines is 1. The van der Waals surface area contributed by atoms with Gasteiger partial charge in [0, 0.05) is 40.9 Å². The molecule has 0 saturated carbocycles. The maximum atomic E-state index is 13.6. The number of benzene rings is 2. The van der Waals surface area contributed by atoms with Crippen LogP contribution in [-0.2, 0) is 9.53 Å². The maximum absolute atomic E-state index is 13.6. The van der Waals surface area contributed by atoms with Crippen molar-refractivity contribution < 1.29 is 29.0 Å². The zero-order valence-corrected chi connectivity index (χ0v) is 22.4. The van der Waals surface area contributed by atoms with Gasteiger partial charge in [-0.15, -0.1) is 0 Å². The van der Waals surface area contributed by atoms with E-state index in [4.69, 9.17) is 26.2 Å². The fourth-order valence-corrected chi connectivity index (χ4v) is 4.87. The summed E-state index contributed by atoms with van der Waals surface area (Å²) in [6.45, 7) is 2.00. The highest BCUT2D eigenvalue weighted by Gasteiger charge is 2.29. The van der Waals surface area contributed by atoms with Gasteiger partial charge in [-0.05, 0) is 74.2 Å². The molecule has 10 heteroatoms. The van der Waals surface area contributed by atoms with Gasteiger partial charge < -0.3 is 19.9 Å². The summed E-state index contributed by atoms with van der Waals surface area (Å²) in [5.41, 5.74) is 1.21. The third kappa shape index (κ3) is 6.55. The number of ketones is 1. The smallest absolute Gasteiger partial charge is 0.335 e. The molecule has 2 heterocycles. The highest BCUT2D eigenvalue weighted by molar-refractivity contribution is 6.31. The van der Waals surface area contributed by atoms with Crippen LogP contribution in [0.4, 0.5) is 5.69 Å². The first-order valence-corrected chi connectivity index (χ1v) is 12.9. The summed E-state index contributed by atoms with van der Waals surface area (Å²) in [4.78, 5) is 50.5. The third-order valence-corrected chi connectivity index (χ3v) is 6.95. The topological polar surface area (TPSA) is 124 Å². The molecule has 0 bridgehead atoms. The highest BCUT2D eigenvalue weighted by atomic mass is 35.5. The minimum absolute atomic E-state index is 0.0858. The fourth-order valence-electron chi connectivity index (χ4n) is 4.70. The molecule has 0 spiro atoms. The summed E-state index contributed by atoms with van der Waals surface area (Å²) in [5, 5.41) is 12.3. The number of ether oxygens (including phenoxy) is 2. The van der Waals surface area contributed by atoms with Crippen molar-refractivity contribution in [1.29, 1.82) is 0 Å². The standard InChI is InChI=1S/C29H29ClN2O7/c1-17(33)22-11-8-19(30)13-23(22)24-15-27(34)32(16-26(24)38-2)25(14-21-5-3-4-12-39-21)28(35)31-20-9-6-18(7-10-20)29(36)37/h6-11,13,15-16,21,25H,3-5,12,14H2,1-2H3,(H,31,35)(H,36,37). The zero-order chi connectivity index (χ0) is 28.1. The minimum atomic E-state index is -1.08. The number of halogens is 1. The summed E-state index contributed by atoms with van der Waals surface area (Å²) in [6, 6.07) is 10.9. The largest absolute Gasteiger partial charge is 0.495 e. The van der Waals surface area contributed by atoms with Crippen LogP contribution in [0.5, 0.6) is 5.75 Å². The van der Waals surface area contributed by atoms with Crippen molar-refractivity contribution in [3.05, 3.63) is 81.2 Å². The van der Waals surface area contributed by atoms with Gasteiger partial charge in [-0.25, -0.2) is 4.79 Å². The quantitative estimate of drug-likeness (QED) is 0.349. The molecule has 1 fully saturated rings. The van der Waals surface area contributed by atoms with Gasteiger partial charge in [0.1, 0.15) is 11.8 Å². The van der Waals surface area contributed by atoms with Gasteiger partial charge in [-0.3, -0.25) is 19.0 Å². The Labute approximate surface area is 230 Å². The number of carbonyl (C=O) groups excluding carboxylic acids is 2. The molecule has 1 amide bonds. The number of rotatable bonds is 9. The Kier molecular flexibility index (Phi) is 8.83. The molecule has 204 valence electrons. The number of Topliss-reactive ketones (excluding diaryl/α,β-unsaturated/α-hetero) is 1. The number of amides is 1. The van der Waals surface area contributed by atoms with Gasteiger partial charge in [-0.1, -0.05) is 11.6 Å². The van der Waals surface area contributed by atoms with Crippen LogP contribution in [0.15, 0.2) is 59.5 Å². The molecular weight excluding hydrogens is 524 g/mol. The lowest BCUT2D eigenvalue weighted by molar-refractivity contribution is -0.121. The molecule has 2 aromatic carbocycles. The van der Waals surface area contributed by atoms with E-state index in [-0.39, 0.29) is 29.6 Å². The number of aromatic carboxylic acids is 1. The summed E-state index contributed by atoms with van der Waals surface area (Å²) < 4.78 is 12.8. The zero-order valence-electron chi connectivity index (χ0n) is 21.6. The first kappa shape index (κ1) is 28.1. The molecule has 1 saturated heterocycles. The lowest BCUT2D eigenvalue weighted by atomic mass is 9.97. The molecule has 1 aromatic heterocycles. The Morgan fingerprint density at radius 2 is 1.87 bits per heavy atom. The monoisotopic (exact) mass is 552 g/mol. The van der Waals surface area contributed by atoms with Crippen LogP contribution in [0.25, 0.3) is 11.1 Å². The Balaban J connectivity index is 1.75. The van der Waals surface area contributed by atoms with E-state index in [1.807, 2.05) is 0 Å². The van der Waals surface area contributed by atoms with Crippen molar-refractivity contribution in [1.82, 2.24) is 4.57 Å². The molecule has 2 atom stereocenters. The van der Waals surface area contributed by atoms with Crippen LogP contribution in [0, 0.1) is 0 Å². The SMILES string of the molecule is COc1cn(C(CC2CCCCO2)C(=O)Nc2ccc(C(=O)O)cc2)c(=O)cc1-c1cc(Cl)ccc1C(C)=O. The van der Waals surface area contributed by atoms with E-state index in [9.17, 15) is 19.2 Å². The molecule has 4 rings (SSSR count). The second kappa shape index (κ2) is 12.3. The maximum Gasteiger partial charge on any atom is 0.335 e. The van der Waals surface area contributed by atoms with Gasteiger partial charge >= 0.3 is 5.97 Å². The molecular formula is C29H29ClN2O7. The van der Waals surface area contributed by atoms with Crippen molar-refractivity contribution in [2.24, 2.45) is 0 Å². The molecule has 9 nitrogen and oxygen atoms in total. The fraction of sp³-hybridized carbons (Fsp3) is 0.310. The first-order chi connectivity index (χ1) is 18.7. The summed E-state index contributed by atoms with van der Waals surface area (Å²) in [5.74, 6) is -1.45. The number of hydrogen-bond donors (Lipinski definition) is 2. The number of methoxy groups -OCH3 is 1. The lowest BCUT2D eigenvalue weighted by Crippen LogP contribution is -2.36. The Morgan fingerprint density at radius 3 is 2.49 bits per heavy atom. The summed E-state index contributed by atoms with van der Waals surface area (Å²) in [7, 11) is 1.44. The van der Waals surface area contributed by atoms with Crippen LogP contribution in [-0.4, -0.2) is 47.2 Å². The van der Waals surface area contributed by atoms with Crippen molar-refractivity contribution in [2.75, 3.05) is 19.0 Å². The normalized spacial score (nSPS) is 15.8. The molecule has 0 aliphatic carbocycles.